The Hall–Kier alpha value is -2.82. The van der Waals surface area contributed by atoms with Gasteiger partial charge in [0.1, 0.15) is 11.9 Å². The van der Waals surface area contributed by atoms with E-state index in [2.05, 4.69) is 15.2 Å². The average Bonchev–Trinajstić information content (AvgIpc) is 3.47. The van der Waals surface area contributed by atoms with Gasteiger partial charge in [0.05, 0.1) is 10.6 Å². The molecule has 3 aliphatic heterocycles. The number of amides is 1. The van der Waals surface area contributed by atoms with Crippen molar-refractivity contribution in [3.05, 3.63) is 62.0 Å². The van der Waals surface area contributed by atoms with Gasteiger partial charge in [-0.25, -0.2) is 14.2 Å². The molecular weight excluding hydrogens is 481 g/mol. The SMILES string of the molecule is Cc1c([C@H]2N=C(c3nccs3)NC(CN3CCN4C(=O)CC[C@@H]4C3)=C2C(=O)O)ccc(F)c1Cl. The van der Waals surface area contributed by atoms with E-state index in [9.17, 15) is 19.1 Å². The Balaban J connectivity index is 1.54. The van der Waals surface area contributed by atoms with Crippen LogP contribution in [-0.2, 0) is 9.59 Å². The third-order valence-corrected chi connectivity index (χ3v) is 7.87. The van der Waals surface area contributed by atoms with Crippen LogP contribution in [0.15, 0.2) is 40.0 Å². The number of hydrogen-bond acceptors (Lipinski definition) is 7. The zero-order valence-electron chi connectivity index (χ0n) is 18.4. The second kappa shape index (κ2) is 9.09. The fourth-order valence-corrected chi connectivity index (χ4v) is 5.67. The molecule has 34 heavy (non-hydrogen) atoms. The molecule has 0 aliphatic carbocycles. The quantitative estimate of drug-likeness (QED) is 0.651. The minimum absolute atomic E-state index is 0.0460. The summed E-state index contributed by atoms with van der Waals surface area (Å²) >= 11 is 7.56. The summed E-state index contributed by atoms with van der Waals surface area (Å²) < 4.78 is 14.1. The number of hydrogen-bond donors (Lipinski definition) is 2. The van der Waals surface area contributed by atoms with Gasteiger partial charge in [0.25, 0.3) is 0 Å². The molecule has 1 aromatic heterocycles. The number of aliphatic carboxylic acids is 1. The molecule has 1 amide bonds. The van der Waals surface area contributed by atoms with Gasteiger partial charge in [-0.05, 0) is 30.5 Å². The molecule has 178 valence electrons. The summed E-state index contributed by atoms with van der Waals surface area (Å²) in [6.07, 6.45) is 3.04. The molecule has 0 unspecified atom stereocenters. The summed E-state index contributed by atoms with van der Waals surface area (Å²) in [4.78, 5) is 37.7. The van der Waals surface area contributed by atoms with Crippen LogP contribution in [0.25, 0.3) is 0 Å². The molecule has 2 atom stereocenters. The van der Waals surface area contributed by atoms with Crippen LogP contribution in [0.1, 0.15) is 35.0 Å². The molecule has 4 heterocycles. The van der Waals surface area contributed by atoms with Crippen LogP contribution in [0.5, 0.6) is 0 Å². The first-order valence-corrected chi connectivity index (χ1v) is 12.3. The molecule has 3 aliphatic rings. The summed E-state index contributed by atoms with van der Waals surface area (Å²) in [7, 11) is 0. The highest BCUT2D eigenvalue weighted by Crippen LogP contribution is 2.37. The molecule has 1 aromatic carbocycles. The Labute approximate surface area is 204 Å². The van der Waals surface area contributed by atoms with Gasteiger partial charge in [-0.15, -0.1) is 11.3 Å². The second-order valence-corrected chi connectivity index (χ2v) is 9.90. The van der Waals surface area contributed by atoms with Crippen molar-refractivity contribution < 1.29 is 19.1 Å². The molecule has 5 rings (SSSR count). The van der Waals surface area contributed by atoms with Crippen molar-refractivity contribution in [2.24, 2.45) is 4.99 Å². The van der Waals surface area contributed by atoms with Crippen LogP contribution in [0.2, 0.25) is 5.02 Å². The largest absolute Gasteiger partial charge is 0.478 e. The maximum absolute atomic E-state index is 14.1. The van der Waals surface area contributed by atoms with E-state index in [4.69, 9.17) is 16.6 Å². The molecule has 11 heteroatoms. The summed E-state index contributed by atoms with van der Waals surface area (Å²) in [5, 5.41) is 15.8. The van der Waals surface area contributed by atoms with Crippen molar-refractivity contribution in [3.8, 4) is 0 Å². The monoisotopic (exact) mass is 503 g/mol. The van der Waals surface area contributed by atoms with Gasteiger partial charge < -0.3 is 15.3 Å². The zero-order valence-corrected chi connectivity index (χ0v) is 20.0. The lowest BCUT2D eigenvalue weighted by molar-refractivity contribution is -0.133. The van der Waals surface area contributed by atoms with E-state index in [1.165, 1.54) is 17.4 Å². The van der Waals surface area contributed by atoms with Crippen LogP contribution in [0, 0.1) is 12.7 Å². The van der Waals surface area contributed by atoms with Crippen molar-refractivity contribution in [1.82, 2.24) is 20.1 Å². The summed E-state index contributed by atoms with van der Waals surface area (Å²) in [6.45, 7) is 3.98. The molecule has 0 saturated carbocycles. The number of halogens is 2. The lowest BCUT2D eigenvalue weighted by Crippen LogP contribution is -2.52. The molecule has 8 nitrogen and oxygen atoms in total. The van der Waals surface area contributed by atoms with Crippen molar-refractivity contribution in [1.29, 1.82) is 0 Å². The van der Waals surface area contributed by atoms with E-state index < -0.39 is 17.8 Å². The third-order valence-electron chi connectivity index (χ3n) is 6.63. The van der Waals surface area contributed by atoms with Crippen molar-refractivity contribution >= 4 is 40.6 Å². The van der Waals surface area contributed by atoms with E-state index in [-0.39, 0.29) is 22.5 Å². The number of carbonyl (C=O) groups excluding carboxylic acids is 1. The average molecular weight is 504 g/mol. The van der Waals surface area contributed by atoms with Crippen LogP contribution in [0.4, 0.5) is 4.39 Å². The molecule has 0 bridgehead atoms. The number of carbonyl (C=O) groups is 2. The highest BCUT2D eigenvalue weighted by Gasteiger charge is 2.38. The smallest absolute Gasteiger partial charge is 0.335 e. The normalized spacial score (nSPS) is 23.1. The molecule has 0 radical (unpaired) electrons. The van der Waals surface area contributed by atoms with Crippen LogP contribution < -0.4 is 5.32 Å². The standard InChI is InChI=1S/C23H23ClFN5O3S/c1-12-14(3-4-15(25)19(12)24)20-18(23(32)33)16(27-21(28-20)22-26-6-9-34-22)11-29-7-8-30-13(10-29)2-5-17(30)31/h3-4,6,9,13,20H,2,5,7-8,10-11H2,1H3,(H,27,28)(H,32,33)/t13-,20-/m1/s1. The van der Waals surface area contributed by atoms with E-state index in [1.807, 2.05) is 10.3 Å². The first-order valence-electron chi connectivity index (χ1n) is 11.0. The molecule has 2 aromatic rings. The molecule has 2 saturated heterocycles. The lowest BCUT2D eigenvalue weighted by Gasteiger charge is -2.38. The van der Waals surface area contributed by atoms with Gasteiger partial charge in [0.15, 0.2) is 10.8 Å². The first-order chi connectivity index (χ1) is 16.3. The van der Waals surface area contributed by atoms with E-state index in [1.54, 1.807) is 19.2 Å². The topological polar surface area (TPSA) is 98.1 Å². The summed E-state index contributed by atoms with van der Waals surface area (Å²) in [5.74, 6) is -1.02. The van der Waals surface area contributed by atoms with Crippen molar-refractivity contribution in [2.45, 2.75) is 31.8 Å². The van der Waals surface area contributed by atoms with Crippen LogP contribution in [-0.4, -0.2) is 69.8 Å². The molecule has 2 fully saturated rings. The Bertz CT molecular complexity index is 1220. The second-order valence-electron chi connectivity index (χ2n) is 8.63. The van der Waals surface area contributed by atoms with Gasteiger partial charge in [-0.3, -0.25) is 14.7 Å². The lowest BCUT2D eigenvalue weighted by atomic mass is 9.92. The summed E-state index contributed by atoms with van der Waals surface area (Å²) in [5.41, 5.74) is 1.58. The number of aromatic nitrogens is 1. The maximum Gasteiger partial charge on any atom is 0.335 e. The highest BCUT2D eigenvalue weighted by atomic mass is 35.5. The number of benzene rings is 1. The highest BCUT2D eigenvalue weighted by molar-refractivity contribution is 7.11. The number of piperazine rings is 1. The van der Waals surface area contributed by atoms with Crippen molar-refractivity contribution in [3.63, 3.8) is 0 Å². The predicted octanol–water partition coefficient (Wildman–Crippen LogP) is 2.98. The Morgan fingerprint density at radius 3 is 2.94 bits per heavy atom. The minimum atomic E-state index is -1.11. The van der Waals surface area contributed by atoms with Gasteiger partial charge >= 0.3 is 5.97 Å². The Kier molecular flexibility index (Phi) is 6.13. The Morgan fingerprint density at radius 2 is 2.21 bits per heavy atom. The third kappa shape index (κ3) is 4.10. The van der Waals surface area contributed by atoms with Crippen molar-refractivity contribution in [2.75, 3.05) is 26.2 Å². The molecular formula is C23H23ClFN5O3S. The number of amidine groups is 1. The number of carboxylic acid groups (broad SMARTS) is 1. The number of carboxylic acids is 1. The Morgan fingerprint density at radius 1 is 1.38 bits per heavy atom. The number of rotatable bonds is 5. The predicted molar refractivity (Wildman–Crippen MR) is 127 cm³/mol. The van der Waals surface area contributed by atoms with Crippen LogP contribution >= 0.6 is 22.9 Å². The van der Waals surface area contributed by atoms with Gasteiger partial charge in [-0.2, -0.15) is 0 Å². The van der Waals surface area contributed by atoms with Crippen LogP contribution in [0.3, 0.4) is 0 Å². The van der Waals surface area contributed by atoms with E-state index in [0.717, 1.165) is 6.42 Å². The zero-order chi connectivity index (χ0) is 24.0. The number of aliphatic imine (C=N–C) groups is 1. The van der Waals surface area contributed by atoms with Gasteiger partial charge in [0, 0.05) is 55.9 Å². The van der Waals surface area contributed by atoms with E-state index >= 15 is 0 Å². The van der Waals surface area contributed by atoms with Gasteiger partial charge in [0.2, 0.25) is 5.91 Å². The maximum atomic E-state index is 14.1. The summed E-state index contributed by atoms with van der Waals surface area (Å²) in [6, 6.07) is 2.06. The first kappa shape index (κ1) is 22.9. The number of fused-ring (bicyclic) bond motifs is 1. The van der Waals surface area contributed by atoms with Gasteiger partial charge in [-0.1, -0.05) is 17.7 Å². The van der Waals surface area contributed by atoms with E-state index in [0.29, 0.717) is 60.3 Å². The molecule has 0 spiro atoms. The minimum Gasteiger partial charge on any atom is -0.478 e. The number of nitrogens with one attached hydrogen (secondary N) is 1. The fraction of sp³-hybridized carbons (Fsp3) is 0.391. The number of nitrogens with zero attached hydrogens (tertiary/aromatic N) is 4. The fourth-order valence-electron chi connectivity index (χ4n) is 4.91. The molecule has 2 N–H and O–H groups in total. The number of thiazole rings is 1.